The molecule has 4 heteroatoms. The number of imide groups is 1. The first kappa shape index (κ1) is 15.2. The summed E-state index contributed by atoms with van der Waals surface area (Å²) in [5.74, 6) is -0.153. The molecular formula is C14H26N2O2. The van der Waals surface area contributed by atoms with Crippen LogP contribution in [0.3, 0.4) is 0 Å². The van der Waals surface area contributed by atoms with Gasteiger partial charge in [0.2, 0.25) is 11.8 Å². The van der Waals surface area contributed by atoms with E-state index >= 15 is 0 Å². The standard InChI is InChI=1S/C14H26N2O2/c1-3-4-5-6-7-8-9-10-15-12-11-13(17)16(2)14(12)18/h12,15H,3-11H2,1-2H3. The Labute approximate surface area is 110 Å². The van der Waals surface area contributed by atoms with E-state index in [1.54, 1.807) is 7.05 Å². The van der Waals surface area contributed by atoms with Crippen LogP contribution in [0.25, 0.3) is 0 Å². The number of rotatable bonds is 9. The predicted molar refractivity (Wildman–Crippen MR) is 72.2 cm³/mol. The van der Waals surface area contributed by atoms with Crippen molar-refractivity contribution in [3.63, 3.8) is 0 Å². The molecule has 0 bridgehead atoms. The molecule has 1 aliphatic heterocycles. The summed E-state index contributed by atoms with van der Waals surface area (Å²) < 4.78 is 0. The van der Waals surface area contributed by atoms with Gasteiger partial charge in [-0.2, -0.15) is 0 Å². The molecule has 0 saturated carbocycles. The molecule has 1 fully saturated rings. The second-order valence-corrected chi connectivity index (χ2v) is 5.12. The molecule has 104 valence electrons. The fraction of sp³-hybridized carbons (Fsp3) is 0.857. The number of nitrogens with one attached hydrogen (secondary N) is 1. The van der Waals surface area contributed by atoms with Gasteiger partial charge in [0.1, 0.15) is 0 Å². The van der Waals surface area contributed by atoms with Gasteiger partial charge in [0.15, 0.2) is 0 Å². The Morgan fingerprint density at radius 1 is 1.11 bits per heavy atom. The SMILES string of the molecule is CCCCCCCCCNC1CC(=O)N(C)C1=O. The lowest BCUT2D eigenvalue weighted by molar-refractivity contribution is -0.137. The molecule has 0 aliphatic carbocycles. The molecule has 4 nitrogen and oxygen atoms in total. The van der Waals surface area contributed by atoms with Crippen molar-refractivity contribution in [2.75, 3.05) is 13.6 Å². The summed E-state index contributed by atoms with van der Waals surface area (Å²) in [5, 5.41) is 3.18. The molecule has 1 saturated heterocycles. The van der Waals surface area contributed by atoms with E-state index in [0.29, 0.717) is 6.42 Å². The lowest BCUT2D eigenvalue weighted by atomic mass is 10.1. The highest BCUT2D eigenvalue weighted by Gasteiger charge is 2.35. The second kappa shape index (κ2) is 8.25. The predicted octanol–water partition coefficient (Wildman–Crippen LogP) is 2.08. The van der Waals surface area contributed by atoms with E-state index in [4.69, 9.17) is 0 Å². The molecule has 0 aromatic heterocycles. The average molecular weight is 254 g/mol. The zero-order valence-electron chi connectivity index (χ0n) is 11.7. The highest BCUT2D eigenvalue weighted by molar-refractivity contribution is 6.05. The number of hydrogen-bond acceptors (Lipinski definition) is 3. The molecule has 0 aromatic rings. The summed E-state index contributed by atoms with van der Waals surface area (Å²) >= 11 is 0. The molecule has 1 heterocycles. The Kier molecular flexibility index (Phi) is 6.94. The Bertz CT molecular complexity index is 279. The average Bonchev–Trinajstić information content (AvgIpc) is 2.60. The van der Waals surface area contributed by atoms with Crippen LogP contribution in [0.15, 0.2) is 0 Å². The molecule has 0 radical (unpaired) electrons. The highest BCUT2D eigenvalue weighted by Crippen LogP contribution is 2.11. The number of amides is 2. The quantitative estimate of drug-likeness (QED) is 0.506. The third-order valence-electron chi connectivity index (χ3n) is 3.55. The summed E-state index contributed by atoms with van der Waals surface area (Å²) in [6, 6.07) is -0.275. The Balaban J connectivity index is 1.98. The highest BCUT2D eigenvalue weighted by atomic mass is 16.2. The van der Waals surface area contributed by atoms with Crippen LogP contribution in [-0.2, 0) is 9.59 Å². The largest absolute Gasteiger partial charge is 0.305 e. The van der Waals surface area contributed by atoms with Crippen LogP contribution in [0.4, 0.5) is 0 Å². The fourth-order valence-electron chi connectivity index (χ4n) is 2.27. The van der Waals surface area contributed by atoms with Gasteiger partial charge < -0.3 is 5.32 Å². The van der Waals surface area contributed by atoms with E-state index in [9.17, 15) is 9.59 Å². The van der Waals surface area contributed by atoms with Crippen LogP contribution >= 0.6 is 0 Å². The van der Waals surface area contributed by atoms with Gasteiger partial charge >= 0.3 is 0 Å². The molecule has 1 unspecified atom stereocenters. The minimum absolute atomic E-state index is 0.0722. The third-order valence-corrected chi connectivity index (χ3v) is 3.55. The number of nitrogens with zero attached hydrogens (tertiary/aromatic N) is 1. The van der Waals surface area contributed by atoms with Gasteiger partial charge in [-0.3, -0.25) is 14.5 Å². The number of hydrogen-bond donors (Lipinski definition) is 1. The Morgan fingerprint density at radius 3 is 2.28 bits per heavy atom. The Hall–Kier alpha value is -0.900. The summed E-state index contributed by atoms with van der Waals surface area (Å²) in [4.78, 5) is 24.1. The molecule has 1 atom stereocenters. The maximum Gasteiger partial charge on any atom is 0.246 e. The van der Waals surface area contributed by atoms with E-state index in [2.05, 4.69) is 12.2 Å². The molecule has 2 amide bonds. The number of likely N-dealkylation sites (N-methyl/N-ethyl adjacent to an activating group) is 1. The van der Waals surface area contributed by atoms with E-state index in [1.165, 1.54) is 43.4 Å². The van der Waals surface area contributed by atoms with Gasteiger partial charge in [-0.25, -0.2) is 0 Å². The van der Waals surface area contributed by atoms with Crippen molar-refractivity contribution in [3.8, 4) is 0 Å². The van der Waals surface area contributed by atoms with Crippen LogP contribution in [0, 0.1) is 0 Å². The normalized spacial score (nSPS) is 19.9. The molecular weight excluding hydrogens is 228 g/mol. The summed E-state index contributed by atoms with van der Waals surface area (Å²) in [6.07, 6.45) is 9.18. The van der Waals surface area contributed by atoms with Crippen LogP contribution in [0.2, 0.25) is 0 Å². The smallest absolute Gasteiger partial charge is 0.246 e. The summed E-state index contributed by atoms with van der Waals surface area (Å²) in [6.45, 7) is 3.06. The van der Waals surface area contributed by atoms with Gasteiger partial charge in [-0.1, -0.05) is 45.4 Å². The first-order valence-corrected chi connectivity index (χ1v) is 7.20. The zero-order chi connectivity index (χ0) is 13.4. The molecule has 0 aromatic carbocycles. The zero-order valence-corrected chi connectivity index (χ0v) is 11.7. The lowest BCUT2D eigenvalue weighted by Crippen LogP contribution is -2.37. The van der Waals surface area contributed by atoms with Crippen molar-refractivity contribution in [2.45, 2.75) is 64.3 Å². The van der Waals surface area contributed by atoms with E-state index in [0.717, 1.165) is 13.0 Å². The summed E-state index contributed by atoms with van der Waals surface area (Å²) in [5.41, 5.74) is 0. The van der Waals surface area contributed by atoms with Crippen molar-refractivity contribution >= 4 is 11.8 Å². The van der Waals surface area contributed by atoms with Crippen molar-refractivity contribution < 1.29 is 9.59 Å². The number of likely N-dealkylation sites (tertiary alicyclic amines) is 1. The van der Waals surface area contributed by atoms with E-state index < -0.39 is 0 Å². The number of carbonyl (C=O) groups is 2. The monoisotopic (exact) mass is 254 g/mol. The molecule has 1 aliphatic rings. The van der Waals surface area contributed by atoms with Crippen LogP contribution in [0.5, 0.6) is 0 Å². The molecule has 1 N–H and O–H groups in total. The van der Waals surface area contributed by atoms with Crippen molar-refractivity contribution in [3.05, 3.63) is 0 Å². The van der Waals surface area contributed by atoms with Crippen LogP contribution in [-0.4, -0.2) is 36.3 Å². The Morgan fingerprint density at radius 2 is 1.72 bits per heavy atom. The maximum absolute atomic E-state index is 11.6. The van der Waals surface area contributed by atoms with Gasteiger partial charge in [0, 0.05) is 7.05 Å². The maximum atomic E-state index is 11.6. The third kappa shape index (κ3) is 4.77. The van der Waals surface area contributed by atoms with Crippen molar-refractivity contribution in [1.29, 1.82) is 0 Å². The molecule has 1 rings (SSSR count). The van der Waals surface area contributed by atoms with Gasteiger partial charge in [0.25, 0.3) is 0 Å². The van der Waals surface area contributed by atoms with Gasteiger partial charge in [0.05, 0.1) is 12.5 Å². The lowest BCUT2D eigenvalue weighted by Gasteiger charge is -2.10. The van der Waals surface area contributed by atoms with Gasteiger partial charge in [-0.05, 0) is 13.0 Å². The molecule has 0 spiro atoms. The summed E-state index contributed by atoms with van der Waals surface area (Å²) in [7, 11) is 1.56. The fourth-order valence-corrected chi connectivity index (χ4v) is 2.27. The van der Waals surface area contributed by atoms with Crippen LogP contribution < -0.4 is 5.32 Å². The second-order valence-electron chi connectivity index (χ2n) is 5.12. The first-order valence-electron chi connectivity index (χ1n) is 7.20. The van der Waals surface area contributed by atoms with E-state index in [-0.39, 0.29) is 17.9 Å². The number of unbranched alkanes of at least 4 members (excludes halogenated alkanes) is 6. The molecule has 18 heavy (non-hydrogen) atoms. The topological polar surface area (TPSA) is 49.4 Å². The number of carbonyl (C=O) groups excluding carboxylic acids is 2. The van der Waals surface area contributed by atoms with Crippen molar-refractivity contribution in [1.82, 2.24) is 10.2 Å². The minimum Gasteiger partial charge on any atom is -0.305 e. The first-order chi connectivity index (χ1) is 8.66. The van der Waals surface area contributed by atoms with Gasteiger partial charge in [-0.15, -0.1) is 0 Å². The minimum atomic E-state index is -0.275. The van der Waals surface area contributed by atoms with Crippen molar-refractivity contribution in [2.24, 2.45) is 0 Å². The van der Waals surface area contributed by atoms with E-state index in [1.807, 2.05) is 0 Å². The van der Waals surface area contributed by atoms with Crippen LogP contribution in [0.1, 0.15) is 58.3 Å².